The van der Waals surface area contributed by atoms with E-state index in [1.54, 1.807) is 43.3 Å². The van der Waals surface area contributed by atoms with Crippen LogP contribution in [0.2, 0.25) is 0 Å². The predicted octanol–water partition coefficient (Wildman–Crippen LogP) is 2.95. The quantitative estimate of drug-likeness (QED) is 0.706. The van der Waals surface area contributed by atoms with Crippen LogP contribution in [0.4, 0.5) is 13.6 Å². The zero-order valence-corrected chi connectivity index (χ0v) is 14.0. The SMILES string of the molecule is CC(NC(=O)c1ccc(CNC(N)=O)cc1)c1ccc(OC(F)F)cc1. The lowest BCUT2D eigenvalue weighted by Gasteiger charge is -2.15. The van der Waals surface area contributed by atoms with Crippen molar-refractivity contribution in [1.82, 2.24) is 10.6 Å². The summed E-state index contributed by atoms with van der Waals surface area (Å²) in [6.07, 6.45) is 0. The molecule has 0 aliphatic rings. The maximum Gasteiger partial charge on any atom is 0.387 e. The van der Waals surface area contributed by atoms with E-state index in [1.165, 1.54) is 12.1 Å². The molecule has 0 radical (unpaired) electrons. The Morgan fingerprint density at radius 3 is 2.23 bits per heavy atom. The number of rotatable bonds is 7. The third-order valence-electron chi connectivity index (χ3n) is 3.64. The maximum atomic E-state index is 12.3. The Balaban J connectivity index is 1.94. The molecule has 0 saturated carbocycles. The van der Waals surface area contributed by atoms with Gasteiger partial charge in [-0.2, -0.15) is 8.78 Å². The number of halogens is 2. The monoisotopic (exact) mass is 363 g/mol. The first kappa shape index (κ1) is 19.2. The molecule has 26 heavy (non-hydrogen) atoms. The van der Waals surface area contributed by atoms with E-state index in [1.807, 2.05) is 0 Å². The Hall–Kier alpha value is -3.16. The van der Waals surface area contributed by atoms with Crippen molar-refractivity contribution in [3.63, 3.8) is 0 Å². The number of primary amides is 1. The summed E-state index contributed by atoms with van der Waals surface area (Å²) in [5.74, 6) is -0.220. The number of amides is 3. The number of nitrogens with two attached hydrogens (primary N) is 1. The van der Waals surface area contributed by atoms with Gasteiger partial charge in [0.1, 0.15) is 5.75 Å². The molecular formula is C18H19F2N3O3. The van der Waals surface area contributed by atoms with Gasteiger partial charge in [0.05, 0.1) is 6.04 Å². The molecular weight excluding hydrogens is 344 g/mol. The van der Waals surface area contributed by atoms with E-state index < -0.39 is 12.6 Å². The summed E-state index contributed by atoms with van der Waals surface area (Å²) >= 11 is 0. The zero-order valence-electron chi connectivity index (χ0n) is 14.0. The molecule has 0 fully saturated rings. The lowest BCUT2D eigenvalue weighted by molar-refractivity contribution is -0.0498. The first-order valence-corrected chi connectivity index (χ1v) is 7.83. The fourth-order valence-corrected chi connectivity index (χ4v) is 2.26. The van der Waals surface area contributed by atoms with Crippen LogP contribution in [-0.2, 0) is 6.54 Å². The Morgan fingerprint density at radius 1 is 1.08 bits per heavy atom. The molecule has 6 nitrogen and oxygen atoms in total. The molecule has 0 aliphatic carbocycles. The second-order valence-corrected chi connectivity index (χ2v) is 5.56. The van der Waals surface area contributed by atoms with Crippen molar-refractivity contribution < 1.29 is 23.1 Å². The molecule has 0 bridgehead atoms. The number of alkyl halides is 2. The van der Waals surface area contributed by atoms with Crippen molar-refractivity contribution >= 4 is 11.9 Å². The van der Waals surface area contributed by atoms with Crippen LogP contribution in [0.25, 0.3) is 0 Å². The number of carbonyl (C=O) groups excluding carboxylic acids is 2. The standard InChI is InChI=1S/C18H19F2N3O3/c1-11(13-6-8-15(9-7-13)26-17(19)20)23-16(24)14-4-2-12(3-5-14)10-22-18(21)25/h2-9,11,17H,10H2,1H3,(H,23,24)(H3,21,22,25). The first-order chi connectivity index (χ1) is 12.3. The summed E-state index contributed by atoms with van der Waals surface area (Å²) in [7, 11) is 0. The summed E-state index contributed by atoms with van der Waals surface area (Å²) < 4.78 is 28.6. The molecule has 2 rings (SSSR count). The van der Waals surface area contributed by atoms with Crippen molar-refractivity contribution in [2.75, 3.05) is 0 Å². The van der Waals surface area contributed by atoms with Gasteiger partial charge in [0.15, 0.2) is 0 Å². The Bertz CT molecular complexity index is 749. The van der Waals surface area contributed by atoms with E-state index in [2.05, 4.69) is 15.4 Å². The molecule has 0 heterocycles. The molecule has 138 valence electrons. The molecule has 0 aliphatic heterocycles. The fraction of sp³-hybridized carbons (Fsp3) is 0.222. The van der Waals surface area contributed by atoms with Crippen LogP contribution in [0.5, 0.6) is 5.75 Å². The van der Waals surface area contributed by atoms with E-state index in [0.29, 0.717) is 5.56 Å². The third-order valence-corrected chi connectivity index (χ3v) is 3.64. The van der Waals surface area contributed by atoms with E-state index in [4.69, 9.17) is 5.73 Å². The minimum atomic E-state index is -2.88. The average Bonchev–Trinajstić information content (AvgIpc) is 2.60. The molecule has 3 amide bonds. The van der Waals surface area contributed by atoms with Crippen molar-refractivity contribution in [1.29, 1.82) is 0 Å². The van der Waals surface area contributed by atoms with E-state index >= 15 is 0 Å². The Kier molecular flexibility index (Phi) is 6.48. The molecule has 0 saturated heterocycles. The van der Waals surface area contributed by atoms with Crippen LogP contribution in [0.1, 0.15) is 34.5 Å². The molecule has 1 atom stereocenters. The molecule has 8 heteroatoms. The highest BCUT2D eigenvalue weighted by Crippen LogP contribution is 2.19. The van der Waals surface area contributed by atoms with Crippen LogP contribution >= 0.6 is 0 Å². The summed E-state index contributed by atoms with van der Waals surface area (Å²) in [5.41, 5.74) is 7.02. The van der Waals surface area contributed by atoms with Crippen molar-refractivity contribution in [2.45, 2.75) is 26.1 Å². The smallest absolute Gasteiger partial charge is 0.387 e. The van der Waals surface area contributed by atoms with Gasteiger partial charge in [-0.1, -0.05) is 24.3 Å². The summed E-state index contributed by atoms with van der Waals surface area (Å²) in [5, 5.41) is 5.29. The largest absolute Gasteiger partial charge is 0.435 e. The summed E-state index contributed by atoms with van der Waals surface area (Å²) in [6, 6.07) is 11.8. The van der Waals surface area contributed by atoms with Gasteiger partial charge in [-0.15, -0.1) is 0 Å². The lowest BCUT2D eigenvalue weighted by atomic mass is 10.1. The van der Waals surface area contributed by atoms with Gasteiger partial charge < -0.3 is 21.1 Å². The molecule has 2 aromatic carbocycles. The number of urea groups is 1. The lowest BCUT2D eigenvalue weighted by Crippen LogP contribution is -2.28. The number of carbonyl (C=O) groups is 2. The number of hydrogen-bond donors (Lipinski definition) is 3. The minimum Gasteiger partial charge on any atom is -0.435 e. The van der Waals surface area contributed by atoms with E-state index in [-0.39, 0.29) is 24.2 Å². The predicted molar refractivity (Wildman–Crippen MR) is 91.8 cm³/mol. The molecule has 4 N–H and O–H groups in total. The topological polar surface area (TPSA) is 93.5 Å². The van der Waals surface area contributed by atoms with E-state index in [0.717, 1.165) is 11.1 Å². The summed E-state index contributed by atoms with van der Waals surface area (Å²) in [4.78, 5) is 23.0. The summed E-state index contributed by atoms with van der Waals surface area (Å²) in [6.45, 7) is -0.814. The van der Waals surface area contributed by atoms with Crippen LogP contribution in [0.15, 0.2) is 48.5 Å². The highest BCUT2D eigenvalue weighted by Gasteiger charge is 2.12. The van der Waals surface area contributed by atoms with Crippen LogP contribution in [0, 0.1) is 0 Å². The number of nitrogens with one attached hydrogen (secondary N) is 2. The van der Waals surface area contributed by atoms with Gasteiger partial charge >= 0.3 is 12.6 Å². The van der Waals surface area contributed by atoms with Crippen molar-refractivity contribution in [3.05, 3.63) is 65.2 Å². The van der Waals surface area contributed by atoms with Gasteiger partial charge in [0, 0.05) is 12.1 Å². The van der Waals surface area contributed by atoms with Gasteiger partial charge in [0.25, 0.3) is 5.91 Å². The molecule has 1 unspecified atom stereocenters. The fourth-order valence-electron chi connectivity index (χ4n) is 2.26. The molecule has 0 spiro atoms. The highest BCUT2D eigenvalue weighted by molar-refractivity contribution is 5.94. The average molecular weight is 363 g/mol. The highest BCUT2D eigenvalue weighted by atomic mass is 19.3. The van der Waals surface area contributed by atoms with Gasteiger partial charge in [-0.3, -0.25) is 4.79 Å². The molecule has 2 aromatic rings. The van der Waals surface area contributed by atoms with Gasteiger partial charge in [-0.05, 0) is 42.3 Å². The second kappa shape index (κ2) is 8.80. The number of hydrogen-bond acceptors (Lipinski definition) is 3. The van der Waals surface area contributed by atoms with Gasteiger partial charge in [-0.25, -0.2) is 4.79 Å². The van der Waals surface area contributed by atoms with Crippen LogP contribution in [0.3, 0.4) is 0 Å². The second-order valence-electron chi connectivity index (χ2n) is 5.56. The Morgan fingerprint density at radius 2 is 1.69 bits per heavy atom. The first-order valence-electron chi connectivity index (χ1n) is 7.83. The van der Waals surface area contributed by atoms with Crippen LogP contribution in [-0.4, -0.2) is 18.5 Å². The zero-order chi connectivity index (χ0) is 19.1. The maximum absolute atomic E-state index is 12.3. The molecule has 0 aromatic heterocycles. The van der Waals surface area contributed by atoms with E-state index in [9.17, 15) is 18.4 Å². The number of ether oxygens (including phenoxy) is 1. The van der Waals surface area contributed by atoms with Crippen LogP contribution < -0.4 is 21.1 Å². The van der Waals surface area contributed by atoms with Gasteiger partial charge in [0.2, 0.25) is 0 Å². The minimum absolute atomic E-state index is 0.0578. The normalized spacial score (nSPS) is 11.7. The number of benzene rings is 2. The van der Waals surface area contributed by atoms with Crippen molar-refractivity contribution in [2.24, 2.45) is 5.73 Å². The van der Waals surface area contributed by atoms with Crippen molar-refractivity contribution in [3.8, 4) is 5.75 Å². The Labute approximate surface area is 149 Å². The third kappa shape index (κ3) is 5.73.